The second kappa shape index (κ2) is 6.21. The molecular formula is C19H25BrN2O. The van der Waals surface area contributed by atoms with E-state index in [0.717, 1.165) is 36.6 Å². The third-order valence-electron chi connectivity index (χ3n) is 5.94. The van der Waals surface area contributed by atoms with Crippen LogP contribution < -0.4 is 0 Å². The lowest BCUT2D eigenvalue weighted by Gasteiger charge is -2.46. The number of benzene rings is 1. The first kappa shape index (κ1) is 15.6. The Morgan fingerprint density at radius 1 is 1.17 bits per heavy atom. The normalized spacial score (nSPS) is 31.7. The topological polar surface area (TPSA) is 23.6 Å². The molecule has 0 radical (unpaired) electrons. The van der Waals surface area contributed by atoms with E-state index in [2.05, 4.69) is 56.9 Å². The van der Waals surface area contributed by atoms with Crippen LogP contribution in [0.4, 0.5) is 0 Å². The van der Waals surface area contributed by atoms with Crippen molar-refractivity contribution < 1.29 is 4.79 Å². The Morgan fingerprint density at radius 2 is 1.91 bits per heavy atom. The monoisotopic (exact) mass is 376 g/mol. The molecule has 4 rings (SSSR count). The molecule has 3 atom stereocenters. The minimum atomic E-state index is 0.217. The van der Waals surface area contributed by atoms with Crippen molar-refractivity contribution in [3.8, 4) is 0 Å². The summed E-state index contributed by atoms with van der Waals surface area (Å²) in [4.78, 5) is 17.6. The molecule has 23 heavy (non-hydrogen) atoms. The summed E-state index contributed by atoms with van der Waals surface area (Å²) >= 11 is 3.48. The molecule has 124 valence electrons. The van der Waals surface area contributed by atoms with Gasteiger partial charge in [-0.2, -0.15) is 0 Å². The fourth-order valence-corrected chi connectivity index (χ4v) is 4.42. The molecule has 4 heteroatoms. The van der Waals surface area contributed by atoms with Crippen LogP contribution in [0.2, 0.25) is 0 Å². The van der Waals surface area contributed by atoms with E-state index in [4.69, 9.17) is 0 Å². The fraction of sp³-hybridized carbons (Fsp3) is 0.632. The van der Waals surface area contributed by atoms with E-state index >= 15 is 0 Å². The SMILES string of the molecule is CC1CN(C2CCC2)CCN1C(=O)[C@H]1C[C@@H]1c1ccc(Br)cc1. The van der Waals surface area contributed by atoms with Gasteiger partial charge in [-0.1, -0.05) is 34.5 Å². The van der Waals surface area contributed by atoms with Crippen molar-refractivity contribution in [1.82, 2.24) is 9.80 Å². The zero-order valence-electron chi connectivity index (χ0n) is 13.7. The number of amides is 1. The summed E-state index contributed by atoms with van der Waals surface area (Å²) in [5.74, 6) is 1.04. The predicted molar refractivity (Wildman–Crippen MR) is 95.4 cm³/mol. The van der Waals surface area contributed by atoms with Crippen LogP contribution >= 0.6 is 15.9 Å². The molecule has 1 saturated heterocycles. The van der Waals surface area contributed by atoms with Crippen LogP contribution in [0.25, 0.3) is 0 Å². The lowest BCUT2D eigenvalue weighted by atomic mass is 9.90. The second-order valence-corrected chi connectivity index (χ2v) is 8.38. The lowest BCUT2D eigenvalue weighted by molar-refractivity contribution is -0.138. The molecule has 1 heterocycles. The van der Waals surface area contributed by atoms with Gasteiger partial charge in [-0.05, 0) is 49.8 Å². The minimum Gasteiger partial charge on any atom is -0.337 e. The molecule has 1 amide bonds. The van der Waals surface area contributed by atoms with Crippen LogP contribution in [0.5, 0.6) is 0 Å². The molecule has 0 bridgehead atoms. The molecule has 1 unspecified atom stereocenters. The molecule has 3 fully saturated rings. The highest BCUT2D eigenvalue weighted by atomic mass is 79.9. The van der Waals surface area contributed by atoms with Crippen LogP contribution in [-0.4, -0.2) is 47.4 Å². The minimum absolute atomic E-state index is 0.217. The van der Waals surface area contributed by atoms with Crippen molar-refractivity contribution in [3.05, 3.63) is 34.3 Å². The second-order valence-electron chi connectivity index (χ2n) is 7.46. The molecule has 3 nitrogen and oxygen atoms in total. The van der Waals surface area contributed by atoms with Crippen LogP contribution in [0, 0.1) is 5.92 Å². The standard InChI is InChI=1S/C19H25BrN2O/c1-13-12-21(16-3-2-4-16)9-10-22(13)19(23)18-11-17(18)14-5-7-15(20)8-6-14/h5-8,13,16-18H,2-4,9-12H2,1H3/t13?,17-,18+/m1/s1. The largest absolute Gasteiger partial charge is 0.337 e. The van der Waals surface area contributed by atoms with Crippen LogP contribution in [0.1, 0.15) is 44.1 Å². The van der Waals surface area contributed by atoms with E-state index in [1.807, 2.05) is 0 Å². The van der Waals surface area contributed by atoms with Crippen LogP contribution in [-0.2, 0) is 4.79 Å². The first-order valence-electron chi connectivity index (χ1n) is 8.93. The number of rotatable bonds is 3. The molecular weight excluding hydrogens is 352 g/mol. The van der Waals surface area contributed by atoms with Gasteiger partial charge in [0.2, 0.25) is 5.91 Å². The van der Waals surface area contributed by atoms with Crippen molar-refractivity contribution in [3.63, 3.8) is 0 Å². The van der Waals surface area contributed by atoms with Gasteiger partial charge in [0.15, 0.2) is 0 Å². The maximum atomic E-state index is 12.9. The highest BCUT2D eigenvalue weighted by Gasteiger charge is 2.47. The molecule has 3 aliphatic rings. The summed E-state index contributed by atoms with van der Waals surface area (Å²) in [5, 5.41) is 0. The highest BCUT2D eigenvalue weighted by molar-refractivity contribution is 9.10. The van der Waals surface area contributed by atoms with Crippen molar-refractivity contribution >= 4 is 21.8 Å². The van der Waals surface area contributed by atoms with E-state index in [1.165, 1.54) is 24.8 Å². The van der Waals surface area contributed by atoms with Gasteiger partial charge in [0.1, 0.15) is 0 Å². The van der Waals surface area contributed by atoms with Gasteiger partial charge in [-0.25, -0.2) is 0 Å². The first-order chi connectivity index (χ1) is 11.1. The summed E-state index contributed by atoms with van der Waals surface area (Å²) in [6.07, 6.45) is 5.12. The predicted octanol–water partition coefficient (Wildman–Crippen LogP) is 3.64. The number of hydrogen-bond acceptors (Lipinski definition) is 2. The lowest BCUT2D eigenvalue weighted by Crippen LogP contribution is -2.58. The molecule has 2 aliphatic carbocycles. The van der Waals surface area contributed by atoms with Gasteiger partial charge >= 0.3 is 0 Å². The van der Waals surface area contributed by atoms with E-state index in [1.54, 1.807) is 0 Å². The summed E-state index contributed by atoms with van der Waals surface area (Å²) in [6, 6.07) is 9.62. The number of nitrogens with zero attached hydrogens (tertiary/aromatic N) is 2. The van der Waals surface area contributed by atoms with Gasteiger partial charge in [0.05, 0.1) is 0 Å². The van der Waals surface area contributed by atoms with Crippen molar-refractivity contribution in [2.45, 2.75) is 50.6 Å². The van der Waals surface area contributed by atoms with Crippen molar-refractivity contribution in [1.29, 1.82) is 0 Å². The van der Waals surface area contributed by atoms with Gasteiger partial charge < -0.3 is 4.90 Å². The third kappa shape index (κ3) is 3.08. The molecule has 0 N–H and O–H groups in total. The number of carbonyl (C=O) groups excluding carboxylic acids is 1. The third-order valence-corrected chi connectivity index (χ3v) is 6.47. The Kier molecular flexibility index (Phi) is 4.22. The van der Waals surface area contributed by atoms with Crippen molar-refractivity contribution in [2.75, 3.05) is 19.6 Å². The highest BCUT2D eigenvalue weighted by Crippen LogP contribution is 2.49. The average Bonchev–Trinajstić information content (AvgIpc) is 3.26. The smallest absolute Gasteiger partial charge is 0.226 e. The van der Waals surface area contributed by atoms with Gasteiger partial charge in [0, 0.05) is 42.1 Å². The zero-order chi connectivity index (χ0) is 16.0. The van der Waals surface area contributed by atoms with E-state index in [0.29, 0.717) is 17.9 Å². The molecule has 1 aliphatic heterocycles. The van der Waals surface area contributed by atoms with Gasteiger partial charge in [0.25, 0.3) is 0 Å². The average molecular weight is 377 g/mol. The van der Waals surface area contributed by atoms with Gasteiger partial charge in [-0.15, -0.1) is 0 Å². The van der Waals surface area contributed by atoms with Gasteiger partial charge in [-0.3, -0.25) is 9.69 Å². The first-order valence-corrected chi connectivity index (χ1v) is 9.73. The number of piperazine rings is 1. The number of carbonyl (C=O) groups is 1. The molecule has 2 saturated carbocycles. The Balaban J connectivity index is 1.35. The Morgan fingerprint density at radius 3 is 2.52 bits per heavy atom. The Hall–Kier alpha value is -0.870. The van der Waals surface area contributed by atoms with E-state index in [9.17, 15) is 4.79 Å². The van der Waals surface area contributed by atoms with E-state index in [-0.39, 0.29) is 5.92 Å². The van der Waals surface area contributed by atoms with E-state index < -0.39 is 0 Å². The summed E-state index contributed by atoms with van der Waals surface area (Å²) in [5.41, 5.74) is 1.31. The summed E-state index contributed by atoms with van der Waals surface area (Å²) in [7, 11) is 0. The number of hydrogen-bond donors (Lipinski definition) is 0. The Bertz CT molecular complexity index is 584. The summed E-state index contributed by atoms with van der Waals surface area (Å²) < 4.78 is 1.10. The fourth-order valence-electron chi connectivity index (χ4n) is 4.16. The number of halogens is 1. The molecule has 0 aromatic heterocycles. The molecule has 0 spiro atoms. The molecule has 1 aromatic rings. The van der Waals surface area contributed by atoms with Crippen LogP contribution in [0.3, 0.4) is 0 Å². The maximum absolute atomic E-state index is 12.9. The quantitative estimate of drug-likeness (QED) is 0.803. The Labute approximate surface area is 147 Å². The summed E-state index contributed by atoms with van der Waals surface area (Å²) in [6.45, 7) is 5.27. The zero-order valence-corrected chi connectivity index (χ0v) is 15.3. The van der Waals surface area contributed by atoms with Crippen molar-refractivity contribution in [2.24, 2.45) is 5.92 Å². The molecule has 1 aromatic carbocycles. The maximum Gasteiger partial charge on any atom is 0.226 e. The van der Waals surface area contributed by atoms with Crippen LogP contribution in [0.15, 0.2) is 28.7 Å².